The number of carbonyl (C=O) groups is 1. The Morgan fingerprint density at radius 1 is 1.39 bits per heavy atom. The molecule has 7 heteroatoms. The lowest BCUT2D eigenvalue weighted by Crippen LogP contribution is -2.20. The molecule has 0 aliphatic heterocycles. The van der Waals surface area contributed by atoms with Crippen molar-refractivity contribution in [2.24, 2.45) is 0 Å². The van der Waals surface area contributed by atoms with E-state index in [4.69, 9.17) is 12.2 Å². The molecule has 0 aromatic heterocycles. The zero-order chi connectivity index (χ0) is 13.7. The number of nitrogens with zero attached hydrogens (tertiary/aromatic N) is 1. The van der Waals surface area contributed by atoms with Crippen LogP contribution in [-0.2, 0) is 4.79 Å². The highest BCUT2D eigenvalue weighted by Gasteiger charge is 2.08. The summed E-state index contributed by atoms with van der Waals surface area (Å²) in [4.78, 5) is 13.2. The minimum Gasteiger partial charge on any atom is -0.364 e. The van der Waals surface area contributed by atoms with Gasteiger partial charge in [0.2, 0.25) is 5.91 Å². The first-order chi connectivity index (χ1) is 8.40. The van der Waals surface area contributed by atoms with Crippen LogP contribution in [0, 0.1) is 11.6 Å². The first-order valence-electron chi connectivity index (χ1n) is 4.99. The van der Waals surface area contributed by atoms with Gasteiger partial charge in [0, 0.05) is 25.8 Å². The van der Waals surface area contributed by atoms with Gasteiger partial charge in [0.15, 0.2) is 11.6 Å². The first-order valence-corrected chi connectivity index (χ1v) is 6.38. The molecule has 1 aromatic rings. The number of hydrogen-bond donors (Lipinski definition) is 1. The van der Waals surface area contributed by atoms with Crippen molar-refractivity contribution < 1.29 is 13.6 Å². The van der Waals surface area contributed by atoms with Crippen molar-refractivity contribution in [2.45, 2.75) is 0 Å². The molecular formula is C11H12F2N2OS2. The van der Waals surface area contributed by atoms with Gasteiger partial charge in [-0.1, -0.05) is 24.0 Å². The Balaban J connectivity index is 2.49. The summed E-state index contributed by atoms with van der Waals surface area (Å²) >= 11 is 6.19. The van der Waals surface area contributed by atoms with Gasteiger partial charge < -0.3 is 10.2 Å². The SMILES string of the molecule is CN(C)C(=S)SCC(=O)Nc1ccc(F)c(F)c1. The quantitative estimate of drug-likeness (QED) is 0.867. The zero-order valence-corrected chi connectivity index (χ0v) is 11.5. The topological polar surface area (TPSA) is 32.3 Å². The van der Waals surface area contributed by atoms with Crippen molar-refractivity contribution in [1.29, 1.82) is 0 Å². The molecule has 0 saturated heterocycles. The number of anilines is 1. The van der Waals surface area contributed by atoms with Crippen molar-refractivity contribution in [2.75, 3.05) is 25.2 Å². The Morgan fingerprint density at radius 2 is 2.06 bits per heavy atom. The van der Waals surface area contributed by atoms with Crippen LogP contribution in [0.5, 0.6) is 0 Å². The number of benzene rings is 1. The largest absolute Gasteiger partial charge is 0.364 e. The van der Waals surface area contributed by atoms with Gasteiger partial charge in [0.1, 0.15) is 4.32 Å². The van der Waals surface area contributed by atoms with Crippen LogP contribution in [0.1, 0.15) is 0 Å². The molecule has 0 fully saturated rings. The van der Waals surface area contributed by atoms with Gasteiger partial charge >= 0.3 is 0 Å². The van der Waals surface area contributed by atoms with E-state index in [1.54, 1.807) is 19.0 Å². The van der Waals surface area contributed by atoms with E-state index in [0.717, 1.165) is 12.1 Å². The van der Waals surface area contributed by atoms with E-state index in [2.05, 4.69) is 5.32 Å². The maximum Gasteiger partial charge on any atom is 0.234 e. The molecule has 0 aliphatic rings. The van der Waals surface area contributed by atoms with E-state index in [9.17, 15) is 13.6 Å². The van der Waals surface area contributed by atoms with E-state index in [1.807, 2.05) is 0 Å². The van der Waals surface area contributed by atoms with Crippen molar-refractivity contribution in [1.82, 2.24) is 4.90 Å². The molecule has 0 bridgehead atoms. The molecule has 0 heterocycles. The first kappa shape index (κ1) is 14.8. The van der Waals surface area contributed by atoms with E-state index in [-0.39, 0.29) is 17.3 Å². The molecule has 0 saturated carbocycles. The van der Waals surface area contributed by atoms with Crippen molar-refractivity contribution in [3.63, 3.8) is 0 Å². The second-order valence-corrected chi connectivity index (χ2v) is 5.24. The van der Waals surface area contributed by atoms with E-state index >= 15 is 0 Å². The van der Waals surface area contributed by atoms with Crippen LogP contribution in [0.15, 0.2) is 18.2 Å². The summed E-state index contributed by atoms with van der Waals surface area (Å²) in [6.07, 6.45) is 0. The molecule has 0 atom stereocenters. The summed E-state index contributed by atoms with van der Waals surface area (Å²) < 4.78 is 26.1. The number of rotatable bonds is 3. The molecule has 98 valence electrons. The van der Waals surface area contributed by atoms with Crippen LogP contribution in [0.4, 0.5) is 14.5 Å². The van der Waals surface area contributed by atoms with Gasteiger partial charge in [-0.15, -0.1) is 0 Å². The molecule has 0 unspecified atom stereocenters. The number of nitrogens with one attached hydrogen (secondary N) is 1. The third kappa shape index (κ3) is 4.58. The lowest BCUT2D eigenvalue weighted by Gasteiger charge is -2.12. The highest BCUT2D eigenvalue weighted by molar-refractivity contribution is 8.23. The summed E-state index contributed by atoms with van der Waals surface area (Å²) in [7, 11) is 3.56. The predicted molar refractivity (Wildman–Crippen MR) is 73.7 cm³/mol. The molecule has 0 aliphatic carbocycles. The van der Waals surface area contributed by atoms with Gasteiger partial charge in [-0.25, -0.2) is 8.78 Å². The standard InChI is InChI=1S/C11H12F2N2OS2/c1-15(2)11(17)18-6-10(16)14-7-3-4-8(12)9(13)5-7/h3-5H,6H2,1-2H3,(H,14,16). The third-order valence-electron chi connectivity index (χ3n) is 1.90. The van der Waals surface area contributed by atoms with Crippen molar-refractivity contribution in [3.05, 3.63) is 29.8 Å². The minimum atomic E-state index is -0.996. The maximum absolute atomic E-state index is 12.9. The van der Waals surface area contributed by atoms with Crippen LogP contribution < -0.4 is 5.32 Å². The Morgan fingerprint density at radius 3 is 2.61 bits per heavy atom. The van der Waals surface area contributed by atoms with Crippen molar-refractivity contribution in [3.8, 4) is 0 Å². The fourth-order valence-corrected chi connectivity index (χ4v) is 1.79. The van der Waals surface area contributed by atoms with E-state index < -0.39 is 11.6 Å². The molecule has 0 spiro atoms. The molecular weight excluding hydrogens is 278 g/mol. The number of thioether (sulfide) groups is 1. The lowest BCUT2D eigenvalue weighted by molar-refractivity contribution is -0.113. The number of hydrogen-bond acceptors (Lipinski definition) is 3. The smallest absolute Gasteiger partial charge is 0.234 e. The lowest BCUT2D eigenvalue weighted by atomic mass is 10.3. The molecule has 1 rings (SSSR count). The average molecular weight is 290 g/mol. The summed E-state index contributed by atoms with van der Waals surface area (Å²) in [5.74, 6) is -2.15. The van der Waals surface area contributed by atoms with Crippen LogP contribution in [-0.4, -0.2) is 35.0 Å². The summed E-state index contributed by atoms with van der Waals surface area (Å²) in [5.41, 5.74) is 0.218. The van der Waals surface area contributed by atoms with Gasteiger partial charge in [-0.3, -0.25) is 4.79 Å². The van der Waals surface area contributed by atoms with Crippen LogP contribution in [0.3, 0.4) is 0 Å². The maximum atomic E-state index is 12.9. The summed E-state index contributed by atoms with van der Waals surface area (Å²) in [6.45, 7) is 0. The van der Waals surface area contributed by atoms with Gasteiger partial charge in [-0.05, 0) is 12.1 Å². The monoisotopic (exact) mass is 290 g/mol. The van der Waals surface area contributed by atoms with Gasteiger partial charge in [0.05, 0.1) is 5.75 Å². The fraction of sp³-hybridized carbons (Fsp3) is 0.273. The molecule has 18 heavy (non-hydrogen) atoms. The number of amides is 1. The number of thiocarbonyl (C=S) groups is 1. The number of carbonyl (C=O) groups excluding carboxylic acids is 1. The van der Waals surface area contributed by atoms with E-state index in [1.165, 1.54) is 17.8 Å². The Hall–Kier alpha value is -1.21. The summed E-state index contributed by atoms with van der Waals surface area (Å²) in [5, 5.41) is 2.46. The second kappa shape index (κ2) is 6.65. The van der Waals surface area contributed by atoms with E-state index in [0.29, 0.717) is 4.32 Å². The highest BCUT2D eigenvalue weighted by atomic mass is 32.2. The second-order valence-electron chi connectivity index (χ2n) is 3.63. The molecule has 1 amide bonds. The Bertz CT molecular complexity index is 466. The molecule has 1 aromatic carbocycles. The minimum absolute atomic E-state index is 0.121. The van der Waals surface area contributed by atoms with Crippen LogP contribution in [0.2, 0.25) is 0 Å². The third-order valence-corrected chi connectivity index (χ3v) is 3.63. The fourth-order valence-electron chi connectivity index (χ4n) is 1.03. The average Bonchev–Trinajstić information content (AvgIpc) is 2.30. The normalized spacial score (nSPS) is 10.0. The van der Waals surface area contributed by atoms with Gasteiger partial charge in [-0.2, -0.15) is 0 Å². The van der Waals surface area contributed by atoms with Crippen LogP contribution in [0.25, 0.3) is 0 Å². The predicted octanol–water partition coefficient (Wildman–Crippen LogP) is 2.48. The van der Waals surface area contributed by atoms with Gasteiger partial charge in [0.25, 0.3) is 0 Å². The molecule has 0 radical (unpaired) electrons. The molecule has 1 N–H and O–H groups in total. The zero-order valence-electron chi connectivity index (χ0n) is 9.87. The molecule has 3 nitrogen and oxygen atoms in total. The highest BCUT2D eigenvalue weighted by Crippen LogP contribution is 2.14. The number of halogens is 2. The Labute approximate surface area is 114 Å². The van der Waals surface area contributed by atoms with Crippen molar-refractivity contribution >= 4 is 39.9 Å². The Kier molecular flexibility index (Phi) is 5.49. The van der Waals surface area contributed by atoms with Crippen LogP contribution >= 0.6 is 24.0 Å². The summed E-state index contributed by atoms with van der Waals surface area (Å²) in [6, 6.07) is 3.19.